The van der Waals surface area contributed by atoms with Crippen molar-refractivity contribution < 1.29 is 17.9 Å². The lowest BCUT2D eigenvalue weighted by molar-refractivity contribution is -0.117. The van der Waals surface area contributed by atoms with Crippen LogP contribution in [-0.2, 0) is 13.8 Å². The standard InChI is InChI=1S/C12H14ClNO4S/c1-7-5-9(7)12(15)14-8-3-4-11(19(13,16)17)10(6-8)18-2/h3-4,6-7,9H,5H2,1-2H3,(H,14,15). The molecule has 2 unspecified atom stereocenters. The molecule has 1 aliphatic carbocycles. The molecule has 0 spiro atoms. The highest BCUT2D eigenvalue weighted by atomic mass is 35.7. The van der Waals surface area contributed by atoms with Crippen molar-refractivity contribution in [3.05, 3.63) is 18.2 Å². The number of amides is 1. The van der Waals surface area contributed by atoms with Crippen LogP contribution in [0.25, 0.3) is 0 Å². The number of anilines is 1. The van der Waals surface area contributed by atoms with Gasteiger partial charge in [-0.1, -0.05) is 6.92 Å². The summed E-state index contributed by atoms with van der Waals surface area (Å²) < 4.78 is 27.6. The lowest BCUT2D eigenvalue weighted by Gasteiger charge is -2.09. The average molecular weight is 304 g/mol. The van der Waals surface area contributed by atoms with Crippen LogP contribution >= 0.6 is 10.7 Å². The fourth-order valence-corrected chi connectivity index (χ4v) is 2.86. The van der Waals surface area contributed by atoms with Crippen LogP contribution in [0.4, 0.5) is 5.69 Å². The van der Waals surface area contributed by atoms with E-state index in [4.69, 9.17) is 15.4 Å². The Morgan fingerprint density at radius 3 is 2.58 bits per heavy atom. The molecule has 0 aliphatic heterocycles. The average Bonchev–Trinajstić information content (AvgIpc) is 3.05. The summed E-state index contributed by atoms with van der Waals surface area (Å²) >= 11 is 0. The molecule has 1 fully saturated rings. The smallest absolute Gasteiger partial charge is 0.264 e. The Labute approximate surface area is 116 Å². The van der Waals surface area contributed by atoms with Crippen molar-refractivity contribution in [1.82, 2.24) is 0 Å². The van der Waals surface area contributed by atoms with E-state index in [1.54, 1.807) is 0 Å². The topological polar surface area (TPSA) is 72.5 Å². The zero-order valence-electron chi connectivity index (χ0n) is 10.5. The quantitative estimate of drug-likeness (QED) is 0.866. The van der Waals surface area contributed by atoms with Crippen molar-refractivity contribution >= 4 is 31.3 Å². The largest absolute Gasteiger partial charge is 0.495 e. The number of rotatable bonds is 4. The Morgan fingerprint density at radius 2 is 2.11 bits per heavy atom. The zero-order chi connectivity index (χ0) is 14.2. The zero-order valence-corrected chi connectivity index (χ0v) is 12.1. The molecule has 7 heteroatoms. The molecule has 0 aromatic heterocycles. The van der Waals surface area contributed by atoms with E-state index in [2.05, 4.69) is 5.32 Å². The molecule has 0 bridgehead atoms. The first-order valence-electron chi connectivity index (χ1n) is 5.76. The lowest BCUT2D eigenvalue weighted by atomic mass is 10.2. The number of nitrogens with one attached hydrogen (secondary N) is 1. The molecule has 1 aromatic rings. The summed E-state index contributed by atoms with van der Waals surface area (Å²) in [6.45, 7) is 2.01. The lowest BCUT2D eigenvalue weighted by Crippen LogP contribution is -2.14. The summed E-state index contributed by atoms with van der Waals surface area (Å²) in [6.07, 6.45) is 0.886. The van der Waals surface area contributed by atoms with Crippen LogP contribution in [0.3, 0.4) is 0 Å². The number of halogens is 1. The molecule has 1 saturated carbocycles. The van der Waals surface area contributed by atoms with Crippen molar-refractivity contribution in [2.75, 3.05) is 12.4 Å². The number of carbonyl (C=O) groups excluding carboxylic acids is 1. The molecule has 2 atom stereocenters. The normalized spacial score (nSPS) is 21.8. The molecule has 1 amide bonds. The van der Waals surface area contributed by atoms with Crippen molar-refractivity contribution in [2.45, 2.75) is 18.2 Å². The predicted octanol–water partition coefficient (Wildman–Crippen LogP) is 2.22. The molecule has 5 nitrogen and oxygen atoms in total. The van der Waals surface area contributed by atoms with Gasteiger partial charge in [-0.15, -0.1) is 0 Å². The van der Waals surface area contributed by atoms with E-state index in [1.165, 1.54) is 25.3 Å². The maximum Gasteiger partial charge on any atom is 0.264 e. The van der Waals surface area contributed by atoms with Gasteiger partial charge in [-0.05, 0) is 24.5 Å². The molecule has 0 radical (unpaired) electrons. The second-order valence-corrected chi connectivity index (χ2v) is 7.15. The van der Waals surface area contributed by atoms with Gasteiger partial charge in [0.25, 0.3) is 9.05 Å². The highest BCUT2D eigenvalue weighted by Gasteiger charge is 2.39. The number of ether oxygens (including phenoxy) is 1. The third-order valence-electron chi connectivity index (χ3n) is 3.14. The van der Waals surface area contributed by atoms with Gasteiger partial charge in [-0.2, -0.15) is 0 Å². The third-order valence-corrected chi connectivity index (χ3v) is 4.50. The number of methoxy groups -OCH3 is 1. The highest BCUT2D eigenvalue weighted by Crippen LogP contribution is 2.39. The molecule has 2 rings (SSSR count). The second-order valence-electron chi connectivity index (χ2n) is 4.61. The maximum atomic E-state index is 11.8. The minimum atomic E-state index is -3.87. The monoisotopic (exact) mass is 303 g/mol. The SMILES string of the molecule is COc1cc(NC(=O)C2CC2C)ccc1S(=O)(=O)Cl. The van der Waals surface area contributed by atoms with E-state index in [1.807, 2.05) is 6.92 Å². The Bertz CT molecular complexity index is 614. The maximum absolute atomic E-state index is 11.8. The minimum Gasteiger partial charge on any atom is -0.495 e. The fraction of sp³-hybridized carbons (Fsp3) is 0.417. The van der Waals surface area contributed by atoms with Crippen molar-refractivity contribution in [1.29, 1.82) is 0 Å². The Kier molecular flexibility index (Phi) is 3.73. The molecule has 1 N–H and O–H groups in total. The van der Waals surface area contributed by atoms with Crippen LogP contribution in [0.15, 0.2) is 23.1 Å². The minimum absolute atomic E-state index is 0.0439. The van der Waals surface area contributed by atoms with Gasteiger partial charge in [0.15, 0.2) is 0 Å². The predicted molar refractivity (Wildman–Crippen MR) is 71.9 cm³/mol. The van der Waals surface area contributed by atoms with Crippen LogP contribution in [0.1, 0.15) is 13.3 Å². The molecule has 19 heavy (non-hydrogen) atoms. The number of hydrogen-bond donors (Lipinski definition) is 1. The summed E-state index contributed by atoms with van der Waals surface area (Å²) in [5.41, 5.74) is 0.491. The molecular formula is C12H14ClNO4S. The van der Waals surface area contributed by atoms with E-state index >= 15 is 0 Å². The van der Waals surface area contributed by atoms with Crippen LogP contribution in [0, 0.1) is 11.8 Å². The fourth-order valence-electron chi connectivity index (χ4n) is 1.87. The molecule has 104 valence electrons. The number of carbonyl (C=O) groups is 1. The Morgan fingerprint density at radius 1 is 1.47 bits per heavy atom. The molecule has 0 heterocycles. The van der Waals surface area contributed by atoms with Gasteiger partial charge in [0, 0.05) is 28.4 Å². The Hall–Kier alpha value is -1.27. The van der Waals surface area contributed by atoms with Gasteiger partial charge in [0.1, 0.15) is 10.6 Å². The first-order valence-corrected chi connectivity index (χ1v) is 8.07. The summed E-state index contributed by atoms with van der Waals surface area (Å²) in [6, 6.07) is 4.25. The summed E-state index contributed by atoms with van der Waals surface area (Å²) in [7, 11) is 2.76. The van der Waals surface area contributed by atoms with Crippen LogP contribution in [0.5, 0.6) is 5.75 Å². The van der Waals surface area contributed by atoms with Crippen LogP contribution in [-0.4, -0.2) is 21.4 Å². The number of benzene rings is 1. The van der Waals surface area contributed by atoms with E-state index in [-0.39, 0.29) is 22.5 Å². The highest BCUT2D eigenvalue weighted by molar-refractivity contribution is 8.13. The first-order chi connectivity index (χ1) is 8.82. The van der Waals surface area contributed by atoms with Crippen molar-refractivity contribution in [3.63, 3.8) is 0 Å². The summed E-state index contributed by atoms with van der Waals surface area (Å²) in [5, 5.41) is 2.73. The van der Waals surface area contributed by atoms with E-state index in [9.17, 15) is 13.2 Å². The first kappa shape index (κ1) is 14.1. The van der Waals surface area contributed by atoms with Crippen LogP contribution < -0.4 is 10.1 Å². The van der Waals surface area contributed by atoms with Gasteiger partial charge in [-0.25, -0.2) is 8.42 Å². The van der Waals surface area contributed by atoms with Gasteiger partial charge >= 0.3 is 0 Å². The van der Waals surface area contributed by atoms with Crippen LogP contribution in [0.2, 0.25) is 0 Å². The van der Waals surface area contributed by atoms with Gasteiger partial charge < -0.3 is 10.1 Å². The Balaban J connectivity index is 2.22. The van der Waals surface area contributed by atoms with Crippen molar-refractivity contribution in [3.8, 4) is 5.75 Å². The molecule has 1 aliphatic rings. The number of hydrogen-bond acceptors (Lipinski definition) is 4. The van der Waals surface area contributed by atoms with E-state index < -0.39 is 9.05 Å². The van der Waals surface area contributed by atoms with Gasteiger partial charge in [-0.3, -0.25) is 4.79 Å². The van der Waals surface area contributed by atoms with E-state index in [0.717, 1.165) is 6.42 Å². The van der Waals surface area contributed by atoms with Crippen molar-refractivity contribution in [2.24, 2.45) is 11.8 Å². The second kappa shape index (κ2) is 5.02. The summed E-state index contributed by atoms with van der Waals surface area (Å²) in [5.74, 6) is 0.500. The molecule has 0 saturated heterocycles. The van der Waals surface area contributed by atoms with Gasteiger partial charge in [0.05, 0.1) is 7.11 Å². The summed E-state index contributed by atoms with van der Waals surface area (Å²) in [4.78, 5) is 11.7. The molecular weight excluding hydrogens is 290 g/mol. The molecule has 1 aromatic carbocycles. The van der Waals surface area contributed by atoms with Gasteiger partial charge in [0.2, 0.25) is 5.91 Å². The van der Waals surface area contributed by atoms with E-state index in [0.29, 0.717) is 11.6 Å². The third kappa shape index (κ3) is 3.19.